The molecule has 4 saturated carbocycles. The van der Waals surface area contributed by atoms with Gasteiger partial charge in [0.1, 0.15) is 4.32 Å². The van der Waals surface area contributed by atoms with Crippen molar-refractivity contribution < 1.29 is 14.7 Å². The number of amides is 1. The quantitative estimate of drug-likeness (QED) is 0.399. The third kappa shape index (κ3) is 4.25. The van der Waals surface area contributed by atoms with Gasteiger partial charge in [-0.3, -0.25) is 14.5 Å². The van der Waals surface area contributed by atoms with Gasteiger partial charge < -0.3 is 5.11 Å². The predicted octanol–water partition coefficient (Wildman–Crippen LogP) is 5.41. The molecule has 1 N–H and O–H groups in total. The van der Waals surface area contributed by atoms with Gasteiger partial charge >= 0.3 is 5.97 Å². The molecule has 7 rings (SSSR count). The number of thiocarbonyl (C=S) groups is 1. The van der Waals surface area contributed by atoms with E-state index in [2.05, 4.69) is 18.3 Å². The molecule has 8 heteroatoms. The summed E-state index contributed by atoms with van der Waals surface area (Å²) in [6.45, 7) is 0.333. The Balaban J connectivity index is 1.36. The Morgan fingerprint density at radius 1 is 1.14 bits per heavy atom. The molecule has 35 heavy (non-hydrogen) atoms. The van der Waals surface area contributed by atoms with Gasteiger partial charge in [-0.1, -0.05) is 42.2 Å². The van der Waals surface area contributed by atoms with Gasteiger partial charge in [0.2, 0.25) is 0 Å². The molecule has 2 aromatic rings. The van der Waals surface area contributed by atoms with E-state index in [1.54, 1.807) is 4.90 Å². The van der Waals surface area contributed by atoms with Gasteiger partial charge in [0, 0.05) is 30.1 Å². The first-order valence-electron chi connectivity index (χ1n) is 12.5. The summed E-state index contributed by atoms with van der Waals surface area (Å²) in [6, 6.07) is 10.2. The second kappa shape index (κ2) is 8.89. The summed E-state index contributed by atoms with van der Waals surface area (Å²) >= 11 is 6.79. The largest absolute Gasteiger partial charge is 0.481 e. The third-order valence-corrected chi connectivity index (χ3v) is 9.61. The highest BCUT2D eigenvalue weighted by Crippen LogP contribution is 2.61. The summed E-state index contributed by atoms with van der Waals surface area (Å²) in [5.41, 5.74) is 3.26. The van der Waals surface area contributed by atoms with E-state index in [0.29, 0.717) is 22.2 Å². The number of rotatable bonds is 7. The highest BCUT2D eigenvalue weighted by atomic mass is 32.2. The summed E-state index contributed by atoms with van der Waals surface area (Å²) in [5, 5.41) is 14.1. The van der Waals surface area contributed by atoms with Crippen LogP contribution in [0.15, 0.2) is 41.4 Å². The van der Waals surface area contributed by atoms with Gasteiger partial charge in [0.25, 0.3) is 5.91 Å². The Morgan fingerprint density at radius 2 is 1.80 bits per heavy atom. The van der Waals surface area contributed by atoms with E-state index in [1.807, 2.05) is 29.0 Å². The lowest BCUT2D eigenvalue weighted by molar-refractivity contribution is -0.137. The van der Waals surface area contributed by atoms with Crippen molar-refractivity contribution in [3.63, 3.8) is 0 Å². The van der Waals surface area contributed by atoms with Gasteiger partial charge in [0.05, 0.1) is 16.3 Å². The molecule has 4 bridgehead atoms. The Hall–Kier alpha value is -2.45. The standard InChI is InChI=1S/C27H29N3O3S2/c31-23(32)7-4-8-29-25(33)22(35-26(29)34)12-20-16-30(21-5-2-1-3-6-21)28-24(20)27-13-17-9-18(14-27)11-19(10-17)15-27/h1-3,5-6,12,16-19H,4,7-11,13-15H2,(H,31,32). The Bertz CT molecular complexity index is 1180. The average Bonchev–Trinajstić information content (AvgIpc) is 3.36. The summed E-state index contributed by atoms with van der Waals surface area (Å²) < 4.78 is 2.46. The molecule has 4 aliphatic carbocycles. The molecule has 1 aromatic heterocycles. The third-order valence-electron chi connectivity index (χ3n) is 8.24. The van der Waals surface area contributed by atoms with Crippen LogP contribution in [-0.4, -0.2) is 42.5 Å². The van der Waals surface area contributed by atoms with Gasteiger partial charge in [-0.25, -0.2) is 4.68 Å². The fourth-order valence-corrected chi connectivity index (χ4v) is 8.54. The zero-order valence-electron chi connectivity index (χ0n) is 19.6. The molecule has 0 spiro atoms. The number of para-hydroxylation sites is 1. The first-order valence-corrected chi connectivity index (χ1v) is 13.8. The molecule has 1 aliphatic heterocycles. The second-order valence-corrected chi connectivity index (χ2v) is 12.4. The Morgan fingerprint density at radius 3 is 2.43 bits per heavy atom. The van der Waals surface area contributed by atoms with Crippen molar-refractivity contribution in [1.29, 1.82) is 0 Å². The first-order chi connectivity index (χ1) is 16.9. The smallest absolute Gasteiger partial charge is 0.303 e. The van der Waals surface area contributed by atoms with Crippen molar-refractivity contribution in [2.45, 2.75) is 56.8 Å². The van der Waals surface area contributed by atoms with Crippen LogP contribution in [0.1, 0.15) is 62.6 Å². The zero-order valence-corrected chi connectivity index (χ0v) is 21.2. The number of aromatic nitrogens is 2. The van der Waals surface area contributed by atoms with Gasteiger partial charge in [-0.05, 0) is 80.9 Å². The molecule has 5 fully saturated rings. The SMILES string of the molecule is O=C(O)CCCN1C(=O)C(=Cc2cn(-c3ccccc3)nc2C23CC4CC(CC(C4)C2)C3)SC1=S. The fourth-order valence-electron chi connectivity index (χ4n) is 7.24. The summed E-state index contributed by atoms with van der Waals surface area (Å²) in [6.07, 6.45) is 12.1. The molecule has 2 heterocycles. The van der Waals surface area contributed by atoms with Gasteiger partial charge in [-0.15, -0.1) is 0 Å². The van der Waals surface area contributed by atoms with E-state index in [-0.39, 0.29) is 17.7 Å². The summed E-state index contributed by atoms with van der Waals surface area (Å²) in [4.78, 5) is 26.2. The average molecular weight is 508 g/mol. The minimum Gasteiger partial charge on any atom is -0.481 e. The Kier molecular flexibility index (Phi) is 5.84. The highest BCUT2D eigenvalue weighted by molar-refractivity contribution is 8.26. The van der Waals surface area contributed by atoms with Crippen LogP contribution < -0.4 is 0 Å². The van der Waals surface area contributed by atoms with Gasteiger partial charge in [-0.2, -0.15) is 5.10 Å². The van der Waals surface area contributed by atoms with E-state index in [0.717, 1.165) is 34.7 Å². The fraction of sp³-hybridized carbons (Fsp3) is 0.481. The van der Waals surface area contributed by atoms with Crippen LogP contribution in [-0.2, 0) is 15.0 Å². The molecule has 1 saturated heterocycles. The van der Waals surface area contributed by atoms with E-state index < -0.39 is 5.97 Å². The number of carboxylic acid groups (broad SMARTS) is 1. The number of nitrogens with zero attached hydrogens (tertiary/aromatic N) is 3. The topological polar surface area (TPSA) is 75.4 Å². The number of hydrogen-bond donors (Lipinski definition) is 1. The van der Waals surface area contributed by atoms with E-state index in [1.165, 1.54) is 50.3 Å². The van der Waals surface area contributed by atoms with Crippen molar-refractivity contribution in [2.75, 3.05) is 6.54 Å². The van der Waals surface area contributed by atoms with Crippen molar-refractivity contribution in [2.24, 2.45) is 17.8 Å². The van der Waals surface area contributed by atoms with Crippen LogP contribution >= 0.6 is 24.0 Å². The number of thioether (sulfide) groups is 1. The van der Waals surface area contributed by atoms with Crippen molar-refractivity contribution in [3.05, 3.63) is 52.7 Å². The van der Waals surface area contributed by atoms with Gasteiger partial charge in [0.15, 0.2) is 0 Å². The molecular weight excluding hydrogens is 478 g/mol. The van der Waals surface area contributed by atoms with Crippen LogP contribution in [0, 0.1) is 17.8 Å². The lowest BCUT2D eigenvalue weighted by atomic mass is 9.48. The van der Waals surface area contributed by atoms with Crippen molar-refractivity contribution >= 4 is 46.3 Å². The highest BCUT2D eigenvalue weighted by Gasteiger charge is 2.53. The van der Waals surface area contributed by atoms with Crippen LogP contribution in [0.4, 0.5) is 0 Å². The maximum absolute atomic E-state index is 13.2. The normalized spacial score (nSPS) is 30.6. The van der Waals surface area contributed by atoms with Crippen molar-refractivity contribution in [3.8, 4) is 5.69 Å². The molecular formula is C27H29N3O3S2. The molecule has 0 atom stereocenters. The molecule has 6 nitrogen and oxygen atoms in total. The first kappa shape index (κ1) is 23.0. The van der Waals surface area contributed by atoms with Crippen LogP contribution in [0.2, 0.25) is 0 Å². The molecule has 5 aliphatic rings. The summed E-state index contributed by atoms with van der Waals surface area (Å²) in [7, 11) is 0. The van der Waals surface area contributed by atoms with E-state index in [4.69, 9.17) is 22.4 Å². The molecule has 0 radical (unpaired) electrons. The number of carbonyl (C=O) groups is 2. The second-order valence-electron chi connectivity index (χ2n) is 10.7. The van der Waals surface area contributed by atoms with E-state index in [9.17, 15) is 9.59 Å². The summed E-state index contributed by atoms with van der Waals surface area (Å²) in [5.74, 6) is 1.39. The number of carbonyl (C=O) groups excluding carboxylic acids is 1. The molecule has 1 amide bonds. The van der Waals surface area contributed by atoms with Crippen molar-refractivity contribution in [1.82, 2.24) is 14.7 Å². The monoisotopic (exact) mass is 507 g/mol. The zero-order chi connectivity index (χ0) is 24.2. The maximum Gasteiger partial charge on any atom is 0.303 e. The number of benzene rings is 1. The van der Waals surface area contributed by atoms with Crippen LogP contribution in [0.25, 0.3) is 11.8 Å². The minimum atomic E-state index is -0.862. The van der Waals surface area contributed by atoms with Crippen LogP contribution in [0.3, 0.4) is 0 Å². The van der Waals surface area contributed by atoms with Crippen LogP contribution in [0.5, 0.6) is 0 Å². The minimum absolute atomic E-state index is 0.0239. The molecule has 182 valence electrons. The molecule has 1 aromatic carbocycles. The Labute approximate surface area is 214 Å². The lowest BCUT2D eigenvalue weighted by Gasteiger charge is -2.56. The molecule has 0 unspecified atom stereocenters. The maximum atomic E-state index is 13.2. The number of aliphatic carboxylic acids is 1. The number of carboxylic acids is 1. The number of hydrogen-bond acceptors (Lipinski definition) is 5. The predicted molar refractivity (Wildman–Crippen MR) is 140 cm³/mol. The lowest BCUT2D eigenvalue weighted by Crippen LogP contribution is -2.49. The van der Waals surface area contributed by atoms with E-state index >= 15 is 0 Å².